The van der Waals surface area contributed by atoms with E-state index in [4.69, 9.17) is 0 Å². The third-order valence-corrected chi connectivity index (χ3v) is 4.03. The molecule has 21 heavy (non-hydrogen) atoms. The summed E-state index contributed by atoms with van der Waals surface area (Å²) < 4.78 is 27.5. The summed E-state index contributed by atoms with van der Waals surface area (Å²) in [5.74, 6) is -1.20. The molecule has 3 nitrogen and oxygen atoms in total. The Morgan fingerprint density at radius 1 is 1.24 bits per heavy atom. The third kappa shape index (κ3) is 3.91. The zero-order chi connectivity index (χ0) is 15.2. The van der Waals surface area contributed by atoms with Crippen molar-refractivity contribution >= 4 is 23.0 Å². The van der Waals surface area contributed by atoms with Gasteiger partial charge in [0.25, 0.3) is 0 Å². The predicted molar refractivity (Wildman–Crippen MR) is 83.9 cm³/mol. The molecule has 0 radical (unpaired) electrons. The summed E-state index contributed by atoms with van der Waals surface area (Å²) in [7, 11) is 0. The molecule has 0 fully saturated rings. The summed E-state index contributed by atoms with van der Waals surface area (Å²) in [6.45, 7) is 4.43. The Bertz CT molecular complexity index is 573. The molecule has 6 heteroatoms. The van der Waals surface area contributed by atoms with Gasteiger partial charge in [-0.2, -0.15) is 0 Å². The number of thiophene rings is 1. The molecule has 0 bridgehead atoms. The highest BCUT2D eigenvalue weighted by Crippen LogP contribution is 2.29. The molecule has 2 rings (SSSR count). The number of aromatic nitrogens is 1. The lowest BCUT2D eigenvalue weighted by atomic mass is 10.1. The number of nitrogens with zero attached hydrogens (tertiary/aromatic N) is 1. The van der Waals surface area contributed by atoms with Gasteiger partial charge in [0.15, 0.2) is 23.3 Å². The third-order valence-electron chi connectivity index (χ3n) is 3.05. The minimum absolute atomic E-state index is 0.0167. The highest BCUT2D eigenvalue weighted by molar-refractivity contribution is 7.10. The van der Waals surface area contributed by atoms with Gasteiger partial charge in [-0.05, 0) is 24.8 Å². The van der Waals surface area contributed by atoms with E-state index in [0.29, 0.717) is 6.54 Å². The minimum Gasteiger partial charge on any atom is -0.368 e. The first-order valence-corrected chi connectivity index (χ1v) is 7.93. The van der Waals surface area contributed by atoms with Gasteiger partial charge in [0.05, 0.1) is 6.04 Å². The number of hydrogen-bond acceptors (Lipinski definition) is 4. The van der Waals surface area contributed by atoms with Crippen LogP contribution >= 0.6 is 11.3 Å². The van der Waals surface area contributed by atoms with E-state index in [1.54, 1.807) is 11.3 Å². The summed E-state index contributed by atoms with van der Waals surface area (Å²) in [4.78, 5) is 5.14. The molecule has 0 aliphatic rings. The molecule has 114 valence electrons. The molecule has 0 saturated heterocycles. The Balaban J connectivity index is 2.25. The molecule has 0 saturated carbocycles. The van der Waals surface area contributed by atoms with E-state index < -0.39 is 11.6 Å². The van der Waals surface area contributed by atoms with Crippen LogP contribution in [-0.2, 0) is 0 Å². The van der Waals surface area contributed by atoms with Crippen molar-refractivity contribution in [2.75, 3.05) is 17.2 Å². The van der Waals surface area contributed by atoms with Gasteiger partial charge in [0.1, 0.15) is 0 Å². The molecule has 0 amide bonds. The highest BCUT2D eigenvalue weighted by atomic mass is 32.1. The average Bonchev–Trinajstić information content (AvgIpc) is 2.97. The topological polar surface area (TPSA) is 37.0 Å². The summed E-state index contributed by atoms with van der Waals surface area (Å²) in [6, 6.07) is 4.81. The van der Waals surface area contributed by atoms with Crippen LogP contribution in [0.4, 0.5) is 20.4 Å². The number of rotatable bonds is 7. The van der Waals surface area contributed by atoms with Gasteiger partial charge in [-0.3, -0.25) is 0 Å². The number of nitrogens with one attached hydrogen (secondary N) is 2. The molecular weight excluding hydrogens is 292 g/mol. The van der Waals surface area contributed by atoms with Crippen LogP contribution < -0.4 is 10.6 Å². The first-order chi connectivity index (χ1) is 10.2. The highest BCUT2D eigenvalue weighted by Gasteiger charge is 2.17. The lowest BCUT2D eigenvalue weighted by Gasteiger charge is -2.18. The van der Waals surface area contributed by atoms with Crippen LogP contribution in [0.2, 0.25) is 0 Å². The second-order valence-corrected chi connectivity index (χ2v) is 5.66. The number of hydrogen-bond donors (Lipinski definition) is 2. The maximum Gasteiger partial charge on any atom is 0.168 e. The quantitative estimate of drug-likeness (QED) is 0.770. The molecule has 0 aromatic carbocycles. The number of halogens is 2. The molecule has 0 aliphatic heterocycles. The van der Waals surface area contributed by atoms with E-state index in [-0.39, 0.29) is 17.7 Å². The lowest BCUT2D eigenvalue weighted by molar-refractivity contribution is 0.573. The van der Waals surface area contributed by atoms with Crippen LogP contribution in [0.1, 0.15) is 37.6 Å². The van der Waals surface area contributed by atoms with Gasteiger partial charge < -0.3 is 10.6 Å². The van der Waals surface area contributed by atoms with Crippen LogP contribution in [0, 0.1) is 11.6 Å². The van der Waals surface area contributed by atoms with Crippen molar-refractivity contribution in [3.8, 4) is 0 Å². The smallest absolute Gasteiger partial charge is 0.168 e. The predicted octanol–water partition coefficient (Wildman–Crippen LogP) is 4.81. The first-order valence-electron chi connectivity index (χ1n) is 7.05. The van der Waals surface area contributed by atoms with Crippen LogP contribution in [0.5, 0.6) is 0 Å². The van der Waals surface area contributed by atoms with Crippen LogP contribution in [-0.4, -0.2) is 11.5 Å². The van der Waals surface area contributed by atoms with Crippen molar-refractivity contribution in [3.63, 3.8) is 0 Å². The minimum atomic E-state index is -0.678. The zero-order valence-corrected chi connectivity index (χ0v) is 12.9. The Kier molecular flexibility index (Phi) is 5.50. The fourth-order valence-electron chi connectivity index (χ4n) is 2.09. The Morgan fingerprint density at radius 3 is 2.62 bits per heavy atom. The Hall–Kier alpha value is -1.69. The SMILES string of the molecule is CCCC(Nc1nc(NCC)c(F)cc1F)c1cccs1. The molecule has 0 aliphatic carbocycles. The van der Waals surface area contributed by atoms with Gasteiger partial charge in [-0.25, -0.2) is 13.8 Å². The van der Waals surface area contributed by atoms with Crippen LogP contribution in [0.25, 0.3) is 0 Å². The molecule has 0 spiro atoms. The van der Waals surface area contributed by atoms with Crippen LogP contribution in [0.15, 0.2) is 23.6 Å². The largest absolute Gasteiger partial charge is 0.368 e. The van der Waals surface area contributed by atoms with Crippen molar-refractivity contribution in [1.82, 2.24) is 4.98 Å². The molecule has 2 aromatic heterocycles. The number of pyridine rings is 1. The second kappa shape index (κ2) is 7.36. The molecular formula is C15H19F2N3S. The Labute approximate surface area is 127 Å². The van der Waals surface area contributed by atoms with Crippen molar-refractivity contribution in [2.24, 2.45) is 0 Å². The van der Waals surface area contributed by atoms with Crippen molar-refractivity contribution in [1.29, 1.82) is 0 Å². The van der Waals surface area contributed by atoms with Crippen molar-refractivity contribution in [2.45, 2.75) is 32.7 Å². The maximum atomic E-state index is 13.9. The van der Waals surface area contributed by atoms with E-state index in [2.05, 4.69) is 22.5 Å². The molecule has 1 atom stereocenters. The van der Waals surface area contributed by atoms with E-state index in [0.717, 1.165) is 23.8 Å². The monoisotopic (exact) mass is 311 g/mol. The fourth-order valence-corrected chi connectivity index (χ4v) is 2.90. The van der Waals surface area contributed by atoms with Gasteiger partial charge >= 0.3 is 0 Å². The van der Waals surface area contributed by atoms with Gasteiger partial charge in [0.2, 0.25) is 0 Å². The lowest BCUT2D eigenvalue weighted by Crippen LogP contribution is -2.13. The standard InChI is InChI=1S/C15H19F2N3S/c1-3-6-12(13-7-5-8-21-13)19-15-11(17)9-10(16)14(20-15)18-4-2/h5,7-9,12H,3-4,6H2,1-2H3,(H2,18,19,20). The van der Waals surface area contributed by atoms with E-state index in [1.165, 1.54) is 0 Å². The number of anilines is 2. The van der Waals surface area contributed by atoms with Gasteiger partial charge in [0, 0.05) is 17.5 Å². The second-order valence-electron chi connectivity index (χ2n) is 4.68. The van der Waals surface area contributed by atoms with Gasteiger partial charge in [-0.15, -0.1) is 11.3 Å². The summed E-state index contributed by atoms with van der Waals surface area (Å²) in [5, 5.41) is 7.87. The average molecular weight is 311 g/mol. The zero-order valence-electron chi connectivity index (χ0n) is 12.1. The first kappa shape index (κ1) is 15.7. The maximum absolute atomic E-state index is 13.9. The molecule has 2 heterocycles. The summed E-state index contributed by atoms with van der Waals surface area (Å²) >= 11 is 1.61. The summed E-state index contributed by atoms with van der Waals surface area (Å²) in [6.07, 6.45) is 1.81. The van der Waals surface area contributed by atoms with Crippen molar-refractivity contribution in [3.05, 3.63) is 40.1 Å². The van der Waals surface area contributed by atoms with E-state index >= 15 is 0 Å². The van der Waals surface area contributed by atoms with Gasteiger partial charge in [-0.1, -0.05) is 19.4 Å². The fraction of sp³-hybridized carbons (Fsp3) is 0.400. The Morgan fingerprint density at radius 2 is 2.00 bits per heavy atom. The van der Waals surface area contributed by atoms with E-state index in [9.17, 15) is 8.78 Å². The normalized spacial score (nSPS) is 12.2. The van der Waals surface area contributed by atoms with Crippen molar-refractivity contribution < 1.29 is 8.78 Å². The molecule has 2 aromatic rings. The van der Waals surface area contributed by atoms with E-state index in [1.807, 2.05) is 24.4 Å². The summed E-state index contributed by atoms with van der Waals surface area (Å²) in [5.41, 5.74) is 0. The van der Waals surface area contributed by atoms with Crippen LogP contribution in [0.3, 0.4) is 0 Å². The molecule has 2 N–H and O–H groups in total. The molecule has 1 unspecified atom stereocenters.